The first-order valence-electron chi connectivity index (χ1n) is 5.90. The second-order valence-electron chi connectivity index (χ2n) is 4.30. The Balaban J connectivity index is 2.20. The molecule has 1 aromatic rings. The fraction of sp³-hybridized carbons (Fsp3) is 0.385. The van der Waals surface area contributed by atoms with Gasteiger partial charge in [0.15, 0.2) is 0 Å². The van der Waals surface area contributed by atoms with Gasteiger partial charge in [-0.3, -0.25) is 9.59 Å². The number of rotatable bonds is 1. The van der Waals surface area contributed by atoms with Gasteiger partial charge in [-0.15, -0.1) is 0 Å². The summed E-state index contributed by atoms with van der Waals surface area (Å²) in [7, 11) is 0. The summed E-state index contributed by atoms with van der Waals surface area (Å²) in [6.45, 7) is 3.33. The molecule has 0 atom stereocenters. The Morgan fingerprint density at radius 3 is 2.94 bits per heavy atom. The summed E-state index contributed by atoms with van der Waals surface area (Å²) in [6, 6.07) is 5.30. The molecule has 1 N–H and O–H groups in total. The van der Waals surface area contributed by atoms with Crippen LogP contribution in [0.25, 0.3) is 0 Å². The molecule has 1 heterocycles. The maximum Gasteiger partial charge on any atom is 0.254 e. The molecule has 0 bridgehead atoms. The summed E-state index contributed by atoms with van der Waals surface area (Å²) in [6.07, 6.45) is 0.353. The van der Waals surface area contributed by atoms with E-state index in [-0.39, 0.29) is 11.8 Å². The smallest absolute Gasteiger partial charge is 0.254 e. The zero-order valence-corrected chi connectivity index (χ0v) is 11.0. The van der Waals surface area contributed by atoms with E-state index in [4.69, 9.17) is 11.6 Å². The molecule has 1 aliphatic heterocycles. The molecule has 0 saturated carbocycles. The van der Waals surface area contributed by atoms with Gasteiger partial charge in [0.1, 0.15) is 0 Å². The predicted octanol–water partition coefficient (Wildman–Crippen LogP) is 1.61. The van der Waals surface area contributed by atoms with Crippen molar-refractivity contribution in [3.8, 4) is 0 Å². The number of nitrogens with zero attached hydrogens (tertiary/aromatic N) is 1. The first-order valence-corrected chi connectivity index (χ1v) is 6.28. The van der Waals surface area contributed by atoms with Crippen molar-refractivity contribution in [3.05, 3.63) is 34.3 Å². The van der Waals surface area contributed by atoms with E-state index < -0.39 is 0 Å². The molecule has 0 aromatic heterocycles. The van der Waals surface area contributed by atoms with E-state index in [1.54, 1.807) is 23.1 Å². The first kappa shape index (κ1) is 12.9. The molecule has 1 fully saturated rings. The summed E-state index contributed by atoms with van der Waals surface area (Å²) >= 11 is 6.02. The van der Waals surface area contributed by atoms with Crippen LogP contribution in [0, 0.1) is 6.92 Å². The Bertz CT molecular complexity index is 488. The average molecular weight is 267 g/mol. The van der Waals surface area contributed by atoms with Crippen molar-refractivity contribution in [1.82, 2.24) is 10.2 Å². The van der Waals surface area contributed by atoms with Gasteiger partial charge >= 0.3 is 0 Å². The Kier molecular flexibility index (Phi) is 3.87. The van der Waals surface area contributed by atoms with Crippen molar-refractivity contribution in [3.63, 3.8) is 0 Å². The molecule has 1 aliphatic rings. The van der Waals surface area contributed by atoms with Gasteiger partial charge in [-0.05, 0) is 24.6 Å². The van der Waals surface area contributed by atoms with Crippen LogP contribution in [0.5, 0.6) is 0 Å². The Morgan fingerprint density at radius 1 is 1.39 bits per heavy atom. The van der Waals surface area contributed by atoms with Crippen LogP contribution >= 0.6 is 11.6 Å². The van der Waals surface area contributed by atoms with Gasteiger partial charge in [0, 0.05) is 36.6 Å². The standard InChI is InChI=1S/C13H15ClN2O2/c1-9-10(3-2-4-11(9)14)13(18)16-7-5-12(17)15-6-8-16/h2-4H,5-8H2,1H3,(H,15,17). The summed E-state index contributed by atoms with van der Waals surface area (Å²) in [5.74, 6) is -0.0698. The Hall–Kier alpha value is -1.55. The van der Waals surface area contributed by atoms with Crippen LogP contribution in [0.15, 0.2) is 18.2 Å². The van der Waals surface area contributed by atoms with E-state index in [0.29, 0.717) is 36.6 Å². The molecule has 1 saturated heterocycles. The summed E-state index contributed by atoms with van der Waals surface area (Å²) in [4.78, 5) is 25.3. The Labute approximate surface area is 111 Å². The van der Waals surface area contributed by atoms with Crippen LogP contribution in [-0.4, -0.2) is 36.3 Å². The van der Waals surface area contributed by atoms with Gasteiger partial charge in [-0.1, -0.05) is 17.7 Å². The highest BCUT2D eigenvalue weighted by Crippen LogP contribution is 2.20. The van der Waals surface area contributed by atoms with Gasteiger partial charge in [0.25, 0.3) is 5.91 Å². The minimum atomic E-state index is -0.0634. The van der Waals surface area contributed by atoms with Crippen molar-refractivity contribution in [2.45, 2.75) is 13.3 Å². The van der Waals surface area contributed by atoms with E-state index >= 15 is 0 Å². The van der Waals surface area contributed by atoms with Gasteiger partial charge in [-0.25, -0.2) is 0 Å². The average Bonchev–Trinajstić information content (AvgIpc) is 2.57. The number of nitrogens with one attached hydrogen (secondary N) is 1. The number of amides is 2. The number of carbonyl (C=O) groups excluding carboxylic acids is 2. The zero-order chi connectivity index (χ0) is 13.1. The van der Waals surface area contributed by atoms with Crippen LogP contribution in [0.4, 0.5) is 0 Å². The SMILES string of the molecule is Cc1c(Cl)cccc1C(=O)N1CCNC(=O)CC1. The molecule has 5 heteroatoms. The highest BCUT2D eigenvalue weighted by molar-refractivity contribution is 6.31. The number of carbonyl (C=O) groups is 2. The normalized spacial score (nSPS) is 16.1. The summed E-state index contributed by atoms with van der Waals surface area (Å²) in [5.41, 5.74) is 1.39. The third kappa shape index (κ3) is 2.64. The van der Waals surface area contributed by atoms with E-state index in [0.717, 1.165) is 5.56 Å². The van der Waals surface area contributed by atoms with E-state index in [9.17, 15) is 9.59 Å². The van der Waals surface area contributed by atoms with E-state index in [1.165, 1.54) is 0 Å². The molecule has 0 unspecified atom stereocenters. The molecule has 1 aromatic carbocycles. The molecular formula is C13H15ClN2O2. The lowest BCUT2D eigenvalue weighted by molar-refractivity contribution is -0.120. The minimum Gasteiger partial charge on any atom is -0.354 e. The second-order valence-corrected chi connectivity index (χ2v) is 4.71. The lowest BCUT2D eigenvalue weighted by Gasteiger charge is -2.20. The lowest BCUT2D eigenvalue weighted by Crippen LogP contribution is -2.34. The third-order valence-electron chi connectivity index (χ3n) is 3.10. The van der Waals surface area contributed by atoms with Crippen molar-refractivity contribution in [1.29, 1.82) is 0 Å². The highest BCUT2D eigenvalue weighted by Gasteiger charge is 2.21. The summed E-state index contributed by atoms with van der Waals surface area (Å²) in [5, 5.41) is 3.34. The number of hydrogen-bond donors (Lipinski definition) is 1. The van der Waals surface area contributed by atoms with Crippen molar-refractivity contribution in [2.24, 2.45) is 0 Å². The molecular weight excluding hydrogens is 252 g/mol. The highest BCUT2D eigenvalue weighted by atomic mass is 35.5. The van der Waals surface area contributed by atoms with Crippen LogP contribution in [0.2, 0.25) is 5.02 Å². The minimum absolute atomic E-state index is 0.00637. The molecule has 2 rings (SSSR count). The summed E-state index contributed by atoms with van der Waals surface area (Å²) < 4.78 is 0. The van der Waals surface area contributed by atoms with Crippen molar-refractivity contribution in [2.75, 3.05) is 19.6 Å². The number of halogens is 1. The third-order valence-corrected chi connectivity index (χ3v) is 3.51. The second kappa shape index (κ2) is 5.40. The van der Waals surface area contributed by atoms with Crippen LogP contribution in [-0.2, 0) is 4.79 Å². The maximum absolute atomic E-state index is 12.4. The zero-order valence-electron chi connectivity index (χ0n) is 10.2. The van der Waals surface area contributed by atoms with Crippen LogP contribution < -0.4 is 5.32 Å². The largest absolute Gasteiger partial charge is 0.354 e. The monoisotopic (exact) mass is 266 g/mol. The van der Waals surface area contributed by atoms with E-state index in [1.807, 2.05) is 6.92 Å². The number of hydrogen-bond acceptors (Lipinski definition) is 2. The fourth-order valence-corrected chi connectivity index (χ4v) is 2.15. The quantitative estimate of drug-likeness (QED) is 0.840. The fourth-order valence-electron chi connectivity index (χ4n) is 1.98. The topological polar surface area (TPSA) is 49.4 Å². The van der Waals surface area contributed by atoms with Gasteiger partial charge < -0.3 is 10.2 Å². The molecule has 2 amide bonds. The Morgan fingerprint density at radius 2 is 2.17 bits per heavy atom. The number of benzene rings is 1. The molecule has 0 spiro atoms. The van der Waals surface area contributed by atoms with Gasteiger partial charge in [0.05, 0.1) is 0 Å². The van der Waals surface area contributed by atoms with Crippen molar-refractivity contribution >= 4 is 23.4 Å². The van der Waals surface area contributed by atoms with Crippen molar-refractivity contribution < 1.29 is 9.59 Å². The maximum atomic E-state index is 12.4. The predicted molar refractivity (Wildman–Crippen MR) is 69.7 cm³/mol. The molecule has 18 heavy (non-hydrogen) atoms. The van der Waals surface area contributed by atoms with E-state index in [2.05, 4.69) is 5.32 Å². The molecule has 0 aliphatic carbocycles. The molecule has 96 valence electrons. The van der Waals surface area contributed by atoms with Crippen LogP contribution in [0.1, 0.15) is 22.3 Å². The van der Waals surface area contributed by atoms with Gasteiger partial charge in [0.2, 0.25) is 5.91 Å². The molecule has 0 radical (unpaired) electrons. The van der Waals surface area contributed by atoms with Gasteiger partial charge in [-0.2, -0.15) is 0 Å². The first-order chi connectivity index (χ1) is 8.59. The lowest BCUT2D eigenvalue weighted by atomic mass is 10.1. The van der Waals surface area contributed by atoms with Crippen LogP contribution in [0.3, 0.4) is 0 Å². The molecule has 4 nitrogen and oxygen atoms in total.